The zero-order valence-corrected chi connectivity index (χ0v) is 12.6. The van der Waals surface area contributed by atoms with Crippen LogP contribution in [0, 0.1) is 11.7 Å². The van der Waals surface area contributed by atoms with Gasteiger partial charge in [-0.1, -0.05) is 0 Å². The number of hydrogen-bond acceptors (Lipinski definition) is 3. The average molecular weight is 296 g/mol. The number of carbonyl (C=O) groups excluding carboxylic acids is 1. The van der Waals surface area contributed by atoms with Crippen molar-refractivity contribution in [2.45, 2.75) is 24.2 Å². The minimum atomic E-state index is -0.500. The molecule has 1 heterocycles. The summed E-state index contributed by atoms with van der Waals surface area (Å²) in [7, 11) is 2.13. The molecule has 1 aliphatic rings. The maximum Gasteiger partial charge on any atom is 0.254 e. The third-order valence-corrected chi connectivity index (χ3v) is 4.15. The molecule has 0 aliphatic carbocycles. The first kappa shape index (κ1) is 15.3. The van der Waals surface area contributed by atoms with Crippen LogP contribution in [0.1, 0.15) is 29.6 Å². The number of nitrogens with one attached hydrogen (secondary N) is 1. The van der Waals surface area contributed by atoms with Crippen molar-refractivity contribution in [3.05, 3.63) is 29.6 Å². The molecule has 1 N–H and O–H groups in total. The number of amides is 1. The van der Waals surface area contributed by atoms with Crippen LogP contribution in [-0.2, 0) is 0 Å². The Hall–Kier alpha value is -1.07. The van der Waals surface area contributed by atoms with Crippen LogP contribution in [0.5, 0.6) is 0 Å². The van der Waals surface area contributed by atoms with Gasteiger partial charge in [0.25, 0.3) is 5.91 Å². The van der Waals surface area contributed by atoms with Crippen LogP contribution in [-0.4, -0.2) is 37.5 Å². The van der Waals surface area contributed by atoms with Gasteiger partial charge in [0.2, 0.25) is 0 Å². The molecule has 1 aromatic carbocycles. The number of halogens is 1. The Kier molecular flexibility index (Phi) is 5.43. The number of thiol groups is 1. The Morgan fingerprint density at radius 1 is 1.45 bits per heavy atom. The quantitative estimate of drug-likeness (QED) is 0.837. The van der Waals surface area contributed by atoms with Gasteiger partial charge in [-0.3, -0.25) is 4.79 Å². The zero-order chi connectivity index (χ0) is 14.5. The van der Waals surface area contributed by atoms with Crippen LogP contribution >= 0.6 is 12.6 Å². The number of rotatable bonds is 4. The van der Waals surface area contributed by atoms with Gasteiger partial charge >= 0.3 is 0 Å². The summed E-state index contributed by atoms with van der Waals surface area (Å²) >= 11 is 4.13. The van der Waals surface area contributed by atoms with Crippen molar-refractivity contribution in [1.29, 1.82) is 0 Å². The Morgan fingerprint density at radius 3 is 2.85 bits per heavy atom. The maximum atomic E-state index is 13.5. The van der Waals surface area contributed by atoms with Crippen molar-refractivity contribution in [3.8, 4) is 0 Å². The van der Waals surface area contributed by atoms with E-state index in [1.807, 2.05) is 0 Å². The molecule has 0 unspecified atom stereocenters. The molecule has 110 valence electrons. The Balaban J connectivity index is 1.79. The molecule has 0 radical (unpaired) electrons. The number of benzene rings is 1. The van der Waals surface area contributed by atoms with Gasteiger partial charge in [0, 0.05) is 11.4 Å². The number of carbonyl (C=O) groups is 1. The smallest absolute Gasteiger partial charge is 0.254 e. The SMILES string of the molecule is CN1CCC(CCNC(=O)c2cc(S)ccc2F)CC1. The van der Waals surface area contributed by atoms with Crippen molar-refractivity contribution in [2.75, 3.05) is 26.7 Å². The molecule has 0 atom stereocenters. The fourth-order valence-electron chi connectivity index (χ4n) is 2.52. The number of nitrogens with zero attached hydrogens (tertiary/aromatic N) is 1. The molecule has 0 saturated carbocycles. The van der Waals surface area contributed by atoms with Crippen LogP contribution in [0.2, 0.25) is 0 Å². The van der Waals surface area contributed by atoms with Gasteiger partial charge in [0.15, 0.2) is 0 Å². The standard InChI is InChI=1S/C15H21FN2OS/c1-18-8-5-11(6-9-18)4-7-17-15(19)13-10-12(20)2-3-14(13)16/h2-3,10-11,20H,4-9H2,1H3,(H,17,19). The van der Waals surface area contributed by atoms with Crippen LogP contribution in [0.15, 0.2) is 23.1 Å². The predicted octanol–water partition coefficient (Wildman–Crippen LogP) is 2.58. The maximum absolute atomic E-state index is 13.5. The van der Waals surface area contributed by atoms with Crippen LogP contribution in [0.4, 0.5) is 4.39 Å². The Morgan fingerprint density at radius 2 is 2.15 bits per heavy atom. The molecule has 2 rings (SSSR count). The van der Waals surface area contributed by atoms with E-state index in [9.17, 15) is 9.18 Å². The van der Waals surface area contributed by atoms with Crippen molar-refractivity contribution < 1.29 is 9.18 Å². The molecular formula is C15H21FN2OS. The van der Waals surface area contributed by atoms with Crippen LogP contribution in [0.25, 0.3) is 0 Å². The second kappa shape index (κ2) is 7.09. The summed E-state index contributed by atoms with van der Waals surface area (Å²) in [6.07, 6.45) is 3.31. The summed E-state index contributed by atoms with van der Waals surface area (Å²) in [5, 5.41) is 2.80. The molecule has 1 saturated heterocycles. The minimum Gasteiger partial charge on any atom is -0.352 e. The van der Waals surface area contributed by atoms with E-state index in [-0.39, 0.29) is 11.5 Å². The highest BCUT2D eigenvalue weighted by Crippen LogP contribution is 2.19. The number of piperidine rings is 1. The Labute approximate surface area is 125 Å². The van der Waals surface area contributed by atoms with Gasteiger partial charge in [0.05, 0.1) is 5.56 Å². The van der Waals surface area contributed by atoms with E-state index in [0.29, 0.717) is 17.4 Å². The molecule has 1 aromatic rings. The first-order valence-corrected chi connectivity index (χ1v) is 7.46. The van der Waals surface area contributed by atoms with Gasteiger partial charge in [-0.15, -0.1) is 12.6 Å². The second-order valence-corrected chi connectivity index (χ2v) is 5.97. The van der Waals surface area contributed by atoms with Gasteiger partial charge in [-0.05, 0) is 63.5 Å². The summed E-state index contributed by atoms with van der Waals surface area (Å²) in [4.78, 5) is 14.8. The number of likely N-dealkylation sites (tertiary alicyclic amines) is 1. The normalized spacial score (nSPS) is 17.1. The third-order valence-electron chi connectivity index (χ3n) is 3.87. The lowest BCUT2D eigenvalue weighted by atomic mass is 9.94. The molecule has 1 aliphatic heterocycles. The minimum absolute atomic E-state index is 0.0703. The topological polar surface area (TPSA) is 32.3 Å². The van der Waals surface area contributed by atoms with Crippen LogP contribution < -0.4 is 5.32 Å². The molecule has 3 nitrogen and oxygen atoms in total. The third kappa shape index (κ3) is 4.21. The van der Waals surface area contributed by atoms with Crippen LogP contribution in [0.3, 0.4) is 0 Å². The molecule has 1 amide bonds. The van der Waals surface area contributed by atoms with Crippen molar-refractivity contribution in [2.24, 2.45) is 5.92 Å². The van der Waals surface area contributed by atoms with Crippen molar-refractivity contribution in [1.82, 2.24) is 10.2 Å². The summed E-state index contributed by atoms with van der Waals surface area (Å²) in [6, 6.07) is 4.27. The molecule has 1 fully saturated rings. The van der Waals surface area contributed by atoms with E-state index in [0.717, 1.165) is 19.5 Å². The van der Waals surface area contributed by atoms with Gasteiger partial charge < -0.3 is 10.2 Å². The zero-order valence-electron chi connectivity index (χ0n) is 11.7. The van der Waals surface area contributed by atoms with Gasteiger partial charge in [-0.2, -0.15) is 0 Å². The summed E-state index contributed by atoms with van der Waals surface area (Å²) in [5.41, 5.74) is 0.0703. The molecule has 0 aromatic heterocycles. The van der Waals surface area contributed by atoms with Crippen molar-refractivity contribution >= 4 is 18.5 Å². The lowest BCUT2D eigenvalue weighted by Crippen LogP contribution is -2.32. The average Bonchev–Trinajstić information content (AvgIpc) is 2.43. The molecule has 0 spiro atoms. The summed E-state index contributed by atoms with van der Waals surface area (Å²) in [6.45, 7) is 2.84. The first-order valence-electron chi connectivity index (χ1n) is 7.01. The monoisotopic (exact) mass is 296 g/mol. The van der Waals surface area contributed by atoms with E-state index < -0.39 is 5.82 Å². The molecule has 20 heavy (non-hydrogen) atoms. The van der Waals surface area contributed by atoms with Gasteiger partial charge in [0.1, 0.15) is 5.82 Å². The number of hydrogen-bond donors (Lipinski definition) is 2. The first-order chi connectivity index (χ1) is 9.56. The summed E-state index contributed by atoms with van der Waals surface area (Å²) in [5.74, 6) is -0.196. The highest BCUT2D eigenvalue weighted by atomic mass is 32.1. The van der Waals surface area contributed by atoms with Gasteiger partial charge in [-0.25, -0.2) is 4.39 Å². The van der Waals surface area contributed by atoms with E-state index in [1.165, 1.54) is 31.0 Å². The molecular weight excluding hydrogens is 275 g/mol. The fourth-order valence-corrected chi connectivity index (χ4v) is 2.73. The van der Waals surface area contributed by atoms with Crippen molar-refractivity contribution in [3.63, 3.8) is 0 Å². The van der Waals surface area contributed by atoms with E-state index in [1.54, 1.807) is 0 Å². The lowest BCUT2D eigenvalue weighted by Gasteiger charge is -2.28. The molecule has 5 heteroatoms. The summed E-state index contributed by atoms with van der Waals surface area (Å²) < 4.78 is 13.5. The van der Waals surface area contributed by atoms with E-state index in [2.05, 4.69) is 29.9 Å². The molecule has 0 bridgehead atoms. The Bertz CT molecular complexity index is 473. The highest BCUT2D eigenvalue weighted by molar-refractivity contribution is 7.80. The fraction of sp³-hybridized carbons (Fsp3) is 0.533. The second-order valence-electron chi connectivity index (χ2n) is 5.46. The highest BCUT2D eigenvalue weighted by Gasteiger charge is 2.17. The van der Waals surface area contributed by atoms with E-state index >= 15 is 0 Å². The largest absolute Gasteiger partial charge is 0.352 e. The predicted molar refractivity (Wildman–Crippen MR) is 80.8 cm³/mol. The lowest BCUT2D eigenvalue weighted by molar-refractivity contribution is 0.0944. The van der Waals surface area contributed by atoms with E-state index in [4.69, 9.17) is 0 Å².